The van der Waals surface area contributed by atoms with Gasteiger partial charge in [0.1, 0.15) is 0 Å². The predicted octanol–water partition coefficient (Wildman–Crippen LogP) is 0.923. The zero-order valence-electron chi connectivity index (χ0n) is 6.80. The molecule has 0 aromatic rings. The van der Waals surface area contributed by atoms with Crippen molar-refractivity contribution in [2.24, 2.45) is 0 Å². The van der Waals surface area contributed by atoms with Crippen molar-refractivity contribution in [3.63, 3.8) is 0 Å². The molecule has 60 valence electrons. The third-order valence-corrected chi connectivity index (χ3v) is 1.41. The highest BCUT2D eigenvalue weighted by Crippen LogP contribution is 1.92. The summed E-state index contributed by atoms with van der Waals surface area (Å²) in [6, 6.07) is 0.338. The lowest BCUT2D eigenvalue weighted by atomic mass is 10.2. The number of aliphatic hydroxyl groups excluding tert-OH is 1. The zero-order chi connectivity index (χ0) is 7.82. The molecule has 1 unspecified atom stereocenters. The SMILES string of the molecule is CC/C=C/C(CCO)NC. The van der Waals surface area contributed by atoms with Crippen LogP contribution in [-0.2, 0) is 0 Å². The second-order valence-electron chi connectivity index (χ2n) is 2.24. The van der Waals surface area contributed by atoms with Crippen LogP contribution in [0.2, 0.25) is 0 Å². The highest BCUT2D eigenvalue weighted by atomic mass is 16.3. The second kappa shape index (κ2) is 6.78. The minimum atomic E-state index is 0.250. The lowest BCUT2D eigenvalue weighted by Gasteiger charge is -2.08. The Labute approximate surface area is 62.9 Å². The van der Waals surface area contributed by atoms with E-state index >= 15 is 0 Å². The normalized spacial score (nSPS) is 14.3. The van der Waals surface area contributed by atoms with Crippen LogP contribution in [0.1, 0.15) is 19.8 Å². The van der Waals surface area contributed by atoms with Gasteiger partial charge in [0.05, 0.1) is 0 Å². The number of nitrogens with one attached hydrogen (secondary N) is 1. The summed E-state index contributed by atoms with van der Waals surface area (Å²) >= 11 is 0. The molecule has 0 saturated heterocycles. The van der Waals surface area contributed by atoms with E-state index in [4.69, 9.17) is 5.11 Å². The van der Waals surface area contributed by atoms with Crippen LogP contribution in [0.15, 0.2) is 12.2 Å². The van der Waals surface area contributed by atoms with Gasteiger partial charge in [-0.25, -0.2) is 0 Å². The Morgan fingerprint density at radius 3 is 2.70 bits per heavy atom. The number of aliphatic hydroxyl groups is 1. The van der Waals surface area contributed by atoms with Crippen molar-refractivity contribution in [2.45, 2.75) is 25.8 Å². The number of hydrogen-bond acceptors (Lipinski definition) is 2. The molecular weight excluding hydrogens is 126 g/mol. The number of rotatable bonds is 5. The highest BCUT2D eigenvalue weighted by molar-refractivity contribution is 4.91. The van der Waals surface area contributed by atoms with E-state index in [2.05, 4.69) is 24.4 Å². The molecule has 0 radical (unpaired) electrons. The first-order chi connectivity index (χ1) is 4.85. The first-order valence-corrected chi connectivity index (χ1v) is 3.80. The fourth-order valence-electron chi connectivity index (χ4n) is 0.776. The lowest BCUT2D eigenvalue weighted by molar-refractivity contribution is 0.277. The first kappa shape index (κ1) is 9.66. The Morgan fingerprint density at radius 2 is 2.30 bits per heavy atom. The predicted molar refractivity (Wildman–Crippen MR) is 44.0 cm³/mol. The lowest BCUT2D eigenvalue weighted by Crippen LogP contribution is -2.23. The molecule has 0 aromatic carbocycles. The van der Waals surface area contributed by atoms with Crippen LogP contribution in [0.4, 0.5) is 0 Å². The van der Waals surface area contributed by atoms with E-state index in [-0.39, 0.29) is 6.61 Å². The molecule has 0 bridgehead atoms. The average Bonchev–Trinajstić information content (AvgIpc) is 1.98. The Kier molecular flexibility index (Phi) is 6.55. The van der Waals surface area contributed by atoms with Crippen LogP contribution < -0.4 is 5.32 Å². The molecular formula is C8H17NO. The van der Waals surface area contributed by atoms with Gasteiger partial charge in [-0.2, -0.15) is 0 Å². The van der Waals surface area contributed by atoms with E-state index in [0.717, 1.165) is 12.8 Å². The summed E-state index contributed by atoms with van der Waals surface area (Å²) in [4.78, 5) is 0. The van der Waals surface area contributed by atoms with Crippen LogP contribution >= 0.6 is 0 Å². The van der Waals surface area contributed by atoms with Gasteiger partial charge in [-0.1, -0.05) is 19.1 Å². The minimum Gasteiger partial charge on any atom is -0.396 e. The van der Waals surface area contributed by atoms with E-state index in [1.165, 1.54) is 0 Å². The standard InChI is InChI=1S/C8H17NO/c1-3-4-5-8(9-2)6-7-10/h4-5,8-10H,3,6-7H2,1-2H3/b5-4+. The molecule has 0 aliphatic carbocycles. The molecule has 0 rings (SSSR count). The summed E-state index contributed by atoms with van der Waals surface area (Å²) in [7, 11) is 1.90. The molecule has 0 fully saturated rings. The fraction of sp³-hybridized carbons (Fsp3) is 0.750. The largest absolute Gasteiger partial charge is 0.396 e. The molecule has 2 N–H and O–H groups in total. The van der Waals surface area contributed by atoms with Gasteiger partial charge in [0.2, 0.25) is 0 Å². The molecule has 1 atom stereocenters. The smallest absolute Gasteiger partial charge is 0.0448 e. The van der Waals surface area contributed by atoms with Gasteiger partial charge < -0.3 is 10.4 Å². The monoisotopic (exact) mass is 143 g/mol. The van der Waals surface area contributed by atoms with Crippen LogP contribution in [0, 0.1) is 0 Å². The summed E-state index contributed by atoms with van der Waals surface area (Å²) in [5.41, 5.74) is 0. The summed E-state index contributed by atoms with van der Waals surface area (Å²) in [5.74, 6) is 0. The minimum absolute atomic E-state index is 0.250. The van der Waals surface area contributed by atoms with Crippen LogP contribution in [0.25, 0.3) is 0 Å². The first-order valence-electron chi connectivity index (χ1n) is 3.80. The number of hydrogen-bond donors (Lipinski definition) is 2. The molecule has 0 spiro atoms. The topological polar surface area (TPSA) is 32.3 Å². The van der Waals surface area contributed by atoms with E-state index in [9.17, 15) is 0 Å². The molecule has 0 amide bonds. The summed E-state index contributed by atoms with van der Waals surface area (Å²) < 4.78 is 0. The maximum atomic E-state index is 8.59. The van der Waals surface area contributed by atoms with Crippen LogP contribution in [0.5, 0.6) is 0 Å². The summed E-state index contributed by atoms with van der Waals surface area (Å²) in [6.07, 6.45) is 6.06. The average molecular weight is 143 g/mol. The highest BCUT2D eigenvalue weighted by Gasteiger charge is 1.96. The van der Waals surface area contributed by atoms with Gasteiger partial charge in [0, 0.05) is 12.6 Å². The van der Waals surface area contributed by atoms with Crippen molar-refractivity contribution >= 4 is 0 Å². The molecule has 0 aromatic heterocycles. The second-order valence-corrected chi connectivity index (χ2v) is 2.24. The Morgan fingerprint density at radius 1 is 1.60 bits per heavy atom. The number of allylic oxidation sites excluding steroid dienone is 1. The van der Waals surface area contributed by atoms with E-state index in [0.29, 0.717) is 6.04 Å². The molecule has 0 saturated carbocycles. The van der Waals surface area contributed by atoms with E-state index < -0.39 is 0 Å². The van der Waals surface area contributed by atoms with Gasteiger partial charge in [0.15, 0.2) is 0 Å². The molecule has 0 heterocycles. The maximum absolute atomic E-state index is 8.59. The zero-order valence-corrected chi connectivity index (χ0v) is 6.80. The van der Waals surface area contributed by atoms with Gasteiger partial charge in [-0.05, 0) is 19.9 Å². The Balaban J connectivity index is 3.48. The molecule has 10 heavy (non-hydrogen) atoms. The third kappa shape index (κ3) is 4.53. The van der Waals surface area contributed by atoms with E-state index in [1.54, 1.807) is 0 Å². The van der Waals surface area contributed by atoms with Crippen molar-refractivity contribution < 1.29 is 5.11 Å². The van der Waals surface area contributed by atoms with Gasteiger partial charge >= 0.3 is 0 Å². The van der Waals surface area contributed by atoms with Gasteiger partial charge in [0.25, 0.3) is 0 Å². The van der Waals surface area contributed by atoms with Crippen molar-refractivity contribution in [1.82, 2.24) is 5.32 Å². The summed E-state index contributed by atoms with van der Waals surface area (Å²) in [6.45, 7) is 2.35. The van der Waals surface area contributed by atoms with Gasteiger partial charge in [-0.15, -0.1) is 0 Å². The maximum Gasteiger partial charge on any atom is 0.0448 e. The Bertz CT molecular complexity index is 91.3. The molecule has 0 aliphatic rings. The summed E-state index contributed by atoms with van der Waals surface area (Å²) in [5, 5.41) is 11.7. The third-order valence-electron chi connectivity index (χ3n) is 1.41. The van der Waals surface area contributed by atoms with Gasteiger partial charge in [-0.3, -0.25) is 0 Å². The van der Waals surface area contributed by atoms with Crippen LogP contribution in [0.3, 0.4) is 0 Å². The molecule has 2 heteroatoms. The Hall–Kier alpha value is -0.340. The molecule has 0 aliphatic heterocycles. The van der Waals surface area contributed by atoms with Crippen molar-refractivity contribution in [2.75, 3.05) is 13.7 Å². The van der Waals surface area contributed by atoms with Crippen molar-refractivity contribution in [3.05, 3.63) is 12.2 Å². The number of likely N-dealkylation sites (N-methyl/N-ethyl adjacent to an activating group) is 1. The van der Waals surface area contributed by atoms with E-state index in [1.807, 2.05) is 7.05 Å². The van der Waals surface area contributed by atoms with Crippen molar-refractivity contribution in [1.29, 1.82) is 0 Å². The fourth-order valence-corrected chi connectivity index (χ4v) is 0.776. The van der Waals surface area contributed by atoms with Crippen LogP contribution in [-0.4, -0.2) is 24.8 Å². The molecule has 2 nitrogen and oxygen atoms in total. The quantitative estimate of drug-likeness (QED) is 0.561. The van der Waals surface area contributed by atoms with Crippen molar-refractivity contribution in [3.8, 4) is 0 Å².